The molecule has 4 N–H and O–H groups in total. The third-order valence-electron chi connectivity index (χ3n) is 4.67. The summed E-state index contributed by atoms with van der Waals surface area (Å²) in [5, 5.41) is 19.4. The maximum Gasteiger partial charge on any atom is 0.317 e. The molecule has 2 fully saturated rings. The summed E-state index contributed by atoms with van der Waals surface area (Å²) in [5.41, 5.74) is -0.655. The van der Waals surface area contributed by atoms with E-state index >= 15 is 0 Å². The van der Waals surface area contributed by atoms with Crippen molar-refractivity contribution in [3.63, 3.8) is 0 Å². The number of aliphatic carboxylic acids is 1. The lowest BCUT2D eigenvalue weighted by atomic mass is 9.94. The van der Waals surface area contributed by atoms with E-state index in [1.165, 1.54) is 38.5 Å². The van der Waals surface area contributed by atoms with Gasteiger partial charge in [-0.15, -0.1) is 0 Å². The molecule has 0 bridgehead atoms. The quantitative estimate of drug-likeness (QED) is 0.400. The van der Waals surface area contributed by atoms with Gasteiger partial charge in [0, 0.05) is 19.4 Å². The Hall–Kier alpha value is -0.130. The zero-order valence-corrected chi connectivity index (χ0v) is 14.9. The molecule has 0 heterocycles. The molecule has 2 rings (SSSR count). The molecule has 126 valence electrons. The average Bonchev–Trinajstić information content (AvgIpc) is 2.54. The van der Waals surface area contributed by atoms with Crippen LogP contribution in [0.15, 0.2) is 0 Å². The van der Waals surface area contributed by atoms with E-state index in [-0.39, 0.29) is 6.54 Å². The van der Waals surface area contributed by atoms with Crippen molar-refractivity contribution in [3.05, 3.63) is 0 Å². The predicted molar refractivity (Wildman–Crippen MR) is 92.7 cm³/mol. The molecule has 5 nitrogen and oxygen atoms in total. The number of hydrogen-bond donors (Lipinski definition) is 4. The fourth-order valence-electron chi connectivity index (χ4n) is 3.52. The Morgan fingerprint density at radius 3 is 1.82 bits per heavy atom. The van der Waals surface area contributed by atoms with Crippen molar-refractivity contribution >= 4 is 25.1 Å². The van der Waals surface area contributed by atoms with Crippen LogP contribution in [0, 0.1) is 0 Å². The maximum absolute atomic E-state index is 11.0. The van der Waals surface area contributed by atoms with E-state index < -0.39 is 11.5 Å². The van der Waals surface area contributed by atoms with Crippen LogP contribution in [-0.2, 0) is 16.6 Å². The molecular formula is C15H28N3O2PS. The molecule has 0 unspecified atom stereocenters. The average molecular weight is 345 g/mol. The van der Waals surface area contributed by atoms with E-state index in [1.807, 2.05) is 0 Å². The highest BCUT2D eigenvalue weighted by Crippen LogP contribution is 2.26. The van der Waals surface area contributed by atoms with Crippen LogP contribution < -0.4 is 16.0 Å². The zero-order valence-electron chi connectivity index (χ0n) is 13.1. The minimum Gasteiger partial charge on any atom is -0.480 e. The van der Waals surface area contributed by atoms with E-state index in [4.69, 9.17) is 16.9 Å². The fourth-order valence-corrected chi connectivity index (χ4v) is 4.64. The second kappa shape index (κ2) is 9.24. The largest absolute Gasteiger partial charge is 0.480 e. The third kappa shape index (κ3) is 5.82. The van der Waals surface area contributed by atoms with Crippen LogP contribution in [-0.4, -0.2) is 35.2 Å². The van der Waals surface area contributed by atoms with Crippen molar-refractivity contribution in [3.8, 4) is 0 Å². The summed E-state index contributed by atoms with van der Waals surface area (Å²) in [5.74, 6) is -0.848. The molecule has 0 amide bonds. The number of rotatable bonds is 8. The lowest BCUT2D eigenvalue weighted by Crippen LogP contribution is -2.68. The minimum atomic E-state index is -0.848. The molecule has 0 spiro atoms. The van der Waals surface area contributed by atoms with Gasteiger partial charge in [0.05, 0.1) is 6.54 Å². The molecular weight excluding hydrogens is 317 g/mol. The van der Waals surface area contributed by atoms with Gasteiger partial charge < -0.3 is 5.11 Å². The van der Waals surface area contributed by atoms with Crippen LogP contribution in [0.1, 0.15) is 64.2 Å². The monoisotopic (exact) mass is 345 g/mol. The molecule has 22 heavy (non-hydrogen) atoms. The van der Waals surface area contributed by atoms with E-state index in [9.17, 15) is 4.79 Å². The lowest BCUT2D eigenvalue weighted by molar-refractivity contribution is -0.136. The van der Waals surface area contributed by atoms with Crippen molar-refractivity contribution < 1.29 is 9.90 Å². The first-order chi connectivity index (χ1) is 10.6. The molecule has 2 saturated carbocycles. The molecule has 2 aliphatic carbocycles. The van der Waals surface area contributed by atoms with Gasteiger partial charge in [0.15, 0.2) is 5.53 Å². The number of carboxylic acids is 1. The Morgan fingerprint density at radius 2 is 1.45 bits per heavy atom. The summed E-state index contributed by atoms with van der Waals surface area (Å²) < 4.78 is 0. The zero-order chi connectivity index (χ0) is 15.8. The Balaban J connectivity index is 2.01. The second-order valence-electron chi connectivity index (χ2n) is 6.51. The van der Waals surface area contributed by atoms with Crippen molar-refractivity contribution in [2.75, 3.05) is 6.54 Å². The van der Waals surface area contributed by atoms with E-state index in [1.54, 1.807) is 0 Å². The summed E-state index contributed by atoms with van der Waals surface area (Å²) in [6.45, 7) is -0.0803. The summed E-state index contributed by atoms with van der Waals surface area (Å²) in [7, 11) is 0.694. The minimum absolute atomic E-state index is 0.0803. The van der Waals surface area contributed by atoms with E-state index in [2.05, 4.69) is 16.0 Å². The van der Waals surface area contributed by atoms with Crippen molar-refractivity contribution in [1.82, 2.24) is 16.0 Å². The lowest BCUT2D eigenvalue weighted by Gasteiger charge is -2.40. The standard InChI is InChI=1S/C15H28N3O2PS/c19-14(20)11-16-15(21-22,17-12-7-3-1-4-8-12)18-13-9-5-2-6-10-13/h12-13,16-18H,1-11H2,(H,19,20). The molecule has 0 saturated heterocycles. The number of hydrogen-bond acceptors (Lipinski definition) is 5. The summed E-state index contributed by atoms with van der Waals surface area (Å²) >= 11 is 5.37. The molecule has 7 heteroatoms. The van der Waals surface area contributed by atoms with Crippen molar-refractivity contribution in [2.45, 2.75) is 81.8 Å². The Kier molecular flexibility index (Phi) is 7.65. The first-order valence-corrected chi connectivity index (χ1v) is 10.4. The highest BCUT2D eigenvalue weighted by molar-refractivity contribution is 7.97. The smallest absolute Gasteiger partial charge is 0.317 e. The van der Waals surface area contributed by atoms with Crippen LogP contribution in [0.3, 0.4) is 0 Å². The van der Waals surface area contributed by atoms with Crippen LogP contribution in [0.4, 0.5) is 0 Å². The van der Waals surface area contributed by atoms with Crippen LogP contribution in [0.5, 0.6) is 0 Å². The molecule has 0 aromatic rings. The predicted octanol–water partition coefficient (Wildman–Crippen LogP) is 2.52. The van der Waals surface area contributed by atoms with Crippen molar-refractivity contribution in [2.24, 2.45) is 0 Å². The summed E-state index contributed by atoms with van der Waals surface area (Å²) in [6.07, 6.45) is 12.2. The molecule has 0 aromatic heterocycles. The fraction of sp³-hybridized carbons (Fsp3) is 0.933. The van der Waals surface area contributed by atoms with Gasteiger partial charge in [-0.3, -0.25) is 20.7 Å². The first kappa shape index (κ1) is 18.2. The third-order valence-corrected chi connectivity index (χ3v) is 6.18. The number of carbonyl (C=O) groups is 1. The topological polar surface area (TPSA) is 73.4 Å². The van der Waals surface area contributed by atoms with Crippen molar-refractivity contribution in [1.29, 1.82) is 0 Å². The normalized spacial score (nSPS) is 22.0. The maximum atomic E-state index is 11.0. The van der Waals surface area contributed by atoms with Gasteiger partial charge in [0.2, 0.25) is 0 Å². The van der Waals surface area contributed by atoms with Crippen LogP contribution >= 0.6 is 7.36 Å². The highest BCUT2D eigenvalue weighted by atomic mass is 32.4. The molecule has 2 aliphatic rings. The van der Waals surface area contributed by atoms with Crippen LogP contribution in [0.25, 0.3) is 0 Å². The molecule has 0 aromatic carbocycles. The summed E-state index contributed by atoms with van der Waals surface area (Å²) in [4.78, 5) is 11.0. The Labute approximate surface area is 139 Å². The Bertz CT molecular complexity index is 352. The summed E-state index contributed by atoms with van der Waals surface area (Å²) in [6, 6.07) is 0.836. The SMILES string of the molecule is O=C(O)CNC(NC1CCCCC1)(NC1CCCCC1)P=S. The molecule has 0 aliphatic heterocycles. The van der Waals surface area contributed by atoms with Gasteiger partial charge in [-0.05, 0) is 25.7 Å². The van der Waals surface area contributed by atoms with Gasteiger partial charge in [-0.2, -0.15) is 0 Å². The second-order valence-corrected chi connectivity index (χ2v) is 7.91. The highest BCUT2D eigenvalue weighted by Gasteiger charge is 2.34. The number of nitrogens with one attached hydrogen (secondary N) is 3. The molecule has 0 atom stereocenters. The van der Waals surface area contributed by atoms with Gasteiger partial charge in [-0.25, -0.2) is 0 Å². The number of carboxylic acid groups (broad SMARTS) is 1. The Morgan fingerprint density at radius 1 is 1.00 bits per heavy atom. The van der Waals surface area contributed by atoms with Gasteiger partial charge in [0.1, 0.15) is 0 Å². The van der Waals surface area contributed by atoms with Gasteiger partial charge in [0.25, 0.3) is 0 Å². The molecule has 0 radical (unpaired) electrons. The van der Waals surface area contributed by atoms with Gasteiger partial charge in [-0.1, -0.05) is 50.3 Å². The van der Waals surface area contributed by atoms with Gasteiger partial charge >= 0.3 is 5.97 Å². The van der Waals surface area contributed by atoms with Crippen LogP contribution in [0.2, 0.25) is 0 Å². The van der Waals surface area contributed by atoms with E-state index in [0.29, 0.717) is 19.4 Å². The first-order valence-electron chi connectivity index (χ1n) is 8.50. The van der Waals surface area contributed by atoms with E-state index in [0.717, 1.165) is 25.7 Å².